The molecule has 2 amide bonds. The number of tetrazole rings is 1. The maximum atomic E-state index is 13.3. The van der Waals surface area contributed by atoms with E-state index in [2.05, 4.69) is 44.7 Å². The highest BCUT2D eigenvalue weighted by atomic mass is 16.2. The van der Waals surface area contributed by atoms with Crippen molar-refractivity contribution >= 4 is 11.8 Å². The van der Waals surface area contributed by atoms with Gasteiger partial charge in [0.1, 0.15) is 6.33 Å². The van der Waals surface area contributed by atoms with Crippen LogP contribution in [0.1, 0.15) is 50.5 Å². The van der Waals surface area contributed by atoms with Crippen molar-refractivity contribution in [2.24, 2.45) is 0 Å². The minimum atomic E-state index is 0.0129. The molecule has 3 atom stereocenters. The van der Waals surface area contributed by atoms with Crippen molar-refractivity contribution < 1.29 is 9.59 Å². The van der Waals surface area contributed by atoms with E-state index in [1.54, 1.807) is 11.6 Å². The summed E-state index contributed by atoms with van der Waals surface area (Å²) in [6.45, 7) is 3.61. The average molecular weight is 396 g/mol. The maximum Gasteiger partial charge on any atom is 0.224 e. The van der Waals surface area contributed by atoms with Crippen molar-refractivity contribution in [2.45, 2.75) is 63.6 Å². The first-order chi connectivity index (χ1) is 14.1. The third kappa shape index (κ3) is 4.16. The zero-order valence-corrected chi connectivity index (χ0v) is 16.9. The van der Waals surface area contributed by atoms with Gasteiger partial charge in [0.15, 0.2) is 0 Å². The number of aryl methyl sites for hydroxylation is 1. The van der Waals surface area contributed by atoms with Gasteiger partial charge in [-0.05, 0) is 41.7 Å². The molecule has 2 aromatic rings. The second-order valence-electron chi connectivity index (χ2n) is 7.98. The lowest BCUT2D eigenvalue weighted by molar-refractivity contribution is -0.143. The van der Waals surface area contributed by atoms with Crippen LogP contribution in [0.2, 0.25) is 0 Å². The van der Waals surface area contributed by atoms with Gasteiger partial charge in [0.05, 0.1) is 18.6 Å². The quantitative estimate of drug-likeness (QED) is 0.787. The normalized spacial score (nSPS) is 24.7. The summed E-state index contributed by atoms with van der Waals surface area (Å²) >= 11 is 0. The van der Waals surface area contributed by atoms with E-state index in [9.17, 15) is 9.59 Å². The number of aromatic nitrogens is 4. The Morgan fingerprint density at radius 2 is 1.90 bits per heavy atom. The molecule has 0 saturated carbocycles. The number of carbonyl (C=O) groups excluding carboxylic acids is 2. The number of hydrogen-bond donors (Lipinski definition) is 0. The molecule has 2 saturated heterocycles. The van der Waals surface area contributed by atoms with Gasteiger partial charge in [0.2, 0.25) is 11.8 Å². The van der Waals surface area contributed by atoms with E-state index in [4.69, 9.17) is 0 Å². The Hall–Kier alpha value is -2.77. The largest absolute Gasteiger partial charge is 0.338 e. The van der Waals surface area contributed by atoms with Gasteiger partial charge in [-0.2, -0.15) is 0 Å². The summed E-state index contributed by atoms with van der Waals surface area (Å²) in [5.41, 5.74) is 1.26. The number of benzene rings is 1. The summed E-state index contributed by atoms with van der Waals surface area (Å²) in [5, 5.41) is 11.1. The number of piperidine rings is 1. The standard InChI is InChI=1S/C21H28N6O2/c1-16(28)26-14-10-18(17-7-3-2-4-8-17)21-19(26)9-5-6-12-27(21)20(29)11-13-25-15-22-23-24-25/h2-4,7-8,15,18-19,21H,5-6,9-14H2,1H3/t18-,19-,21-/m1/s1. The van der Waals surface area contributed by atoms with Gasteiger partial charge in [-0.25, -0.2) is 4.68 Å². The predicted molar refractivity (Wildman–Crippen MR) is 107 cm³/mol. The molecule has 0 unspecified atom stereocenters. The fourth-order valence-electron chi connectivity index (χ4n) is 4.99. The van der Waals surface area contributed by atoms with Crippen molar-refractivity contribution in [2.75, 3.05) is 13.1 Å². The van der Waals surface area contributed by atoms with Crippen molar-refractivity contribution in [1.29, 1.82) is 0 Å². The molecule has 29 heavy (non-hydrogen) atoms. The molecule has 1 aromatic carbocycles. The molecule has 0 aliphatic carbocycles. The number of likely N-dealkylation sites (tertiary alicyclic amines) is 2. The molecular weight excluding hydrogens is 368 g/mol. The first-order valence-electron chi connectivity index (χ1n) is 10.5. The zero-order chi connectivity index (χ0) is 20.2. The van der Waals surface area contributed by atoms with Crippen molar-refractivity contribution in [3.63, 3.8) is 0 Å². The van der Waals surface area contributed by atoms with Crippen LogP contribution < -0.4 is 0 Å². The number of fused-ring (bicyclic) bond motifs is 1. The molecule has 1 aromatic heterocycles. The molecule has 8 heteroatoms. The van der Waals surface area contributed by atoms with Gasteiger partial charge >= 0.3 is 0 Å². The van der Waals surface area contributed by atoms with E-state index < -0.39 is 0 Å². The third-order valence-corrected chi connectivity index (χ3v) is 6.30. The molecular formula is C21H28N6O2. The molecule has 0 radical (unpaired) electrons. The molecule has 4 rings (SSSR count). The lowest BCUT2D eigenvalue weighted by Gasteiger charge is -2.49. The van der Waals surface area contributed by atoms with Crippen LogP contribution >= 0.6 is 0 Å². The highest BCUT2D eigenvalue weighted by Gasteiger charge is 2.45. The van der Waals surface area contributed by atoms with Crippen molar-refractivity contribution in [1.82, 2.24) is 30.0 Å². The molecule has 2 aliphatic rings. The van der Waals surface area contributed by atoms with Crippen molar-refractivity contribution in [3.05, 3.63) is 42.2 Å². The SMILES string of the molecule is CC(=O)N1CC[C@H](c2ccccc2)[C@@H]2[C@H]1CCCCN2C(=O)CCn1cnnn1. The molecule has 0 spiro atoms. The topological polar surface area (TPSA) is 84.2 Å². The number of rotatable bonds is 4. The van der Waals surface area contributed by atoms with Crippen LogP contribution in [0.4, 0.5) is 0 Å². The smallest absolute Gasteiger partial charge is 0.224 e. The maximum absolute atomic E-state index is 13.3. The Kier molecular flexibility index (Phi) is 5.87. The molecule has 2 aliphatic heterocycles. The average Bonchev–Trinajstić information content (AvgIpc) is 3.16. The predicted octanol–water partition coefficient (Wildman–Crippen LogP) is 1.85. The minimum Gasteiger partial charge on any atom is -0.338 e. The number of hydrogen-bond acceptors (Lipinski definition) is 5. The molecule has 2 fully saturated rings. The molecule has 0 N–H and O–H groups in total. The second-order valence-corrected chi connectivity index (χ2v) is 7.98. The van der Waals surface area contributed by atoms with Gasteiger partial charge in [-0.3, -0.25) is 9.59 Å². The van der Waals surface area contributed by atoms with E-state index >= 15 is 0 Å². The van der Waals surface area contributed by atoms with E-state index in [0.29, 0.717) is 13.0 Å². The van der Waals surface area contributed by atoms with E-state index in [1.165, 1.54) is 11.9 Å². The van der Waals surface area contributed by atoms with Gasteiger partial charge < -0.3 is 9.80 Å². The van der Waals surface area contributed by atoms with Crippen LogP contribution in [0.5, 0.6) is 0 Å². The molecule has 8 nitrogen and oxygen atoms in total. The second kappa shape index (κ2) is 8.71. The fourth-order valence-corrected chi connectivity index (χ4v) is 4.99. The van der Waals surface area contributed by atoms with Crippen LogP contribution in [0.15, 0.2) is 36.7 Å². The van der Waals surface area contributed by atoms with Crippen LogP contribution in [0.3, 0.4) is 0 Å². The zero-order valence-electron chi connectivity index (χ0n) is 16.9. The summed E-state index contributed by atoms with van der Waals surface area (Å²) in [5.74, 6) is 0.463. The highest BCUT2D eigenvalue weighted by Crippen LogP contribution is 2.39. The van der Waals surface area contributed by atoms with Gasteiger partial charge in [0.25, 0.3) is 0 Å². The van der Waals surface area contributed by atoms with Crippen LogP contribution in [0.25, 0.3) is 0 Å². The van der Waals surface area contributed by atoms with Crippen LogP contribution in [-0.4, -0.2) is 67.0 Å². The Balaban J connectivity index is 1.63. The molecule has 3 heterocycles. The van der Waals surface area contributed by atoms with E-state index in [-0.39, 0.29) is 29.8 Å². The number of nitrogens with zero attached hydrogens (tertiary/aromatic N) is 6. The molecule has 0 bridgehead atoms. The van der Waals surface area contributed by atoms with Gasteiger partial charge in [-0.1, -0.05) is 30.3 Å². The van der Waals surface area contributed by atoms with E-state index in [0.717, 1.165) is 38.8 Å². The first-order valence-corrected chi connectivity index (χ1v) is 10.5. The highest BCUT2D eigenvalue weighted by molar-refractivity contribution is 5.77. The summed E-state index contributed by atoms with van der Waals surface area (Å²) in [4.78, 5) is 29.7. The van der Waals surface area contributed by atoms with Gasteiger partial charge in [-0.15, -0.1) is 5.10 Å². The summed E-state index contributed by atoms with van der Waals surface area (Å²) < 4.78 is 1.59. The lowest BCUT2D eigenvalue weighted by atomic mass is 9.78. The van der Waals surface area contributed by atoms with Crippen molar-refractivity contribution in [3.8, 4) is 0 Å². The lowest BCUT2D eigenvalue weighted by Crippen LogP contribution is -2.60. The summed E-state index contributed by atoms with van der Waals surface area (Å²) in [6.07, 6.45) is 5.71. The Morgan fingerprint density at radius 1 is 1.07 bits per heavy atom. The van der Waals surface area contributed by atoms with Crippen LogP contribution in [-0.2, 0) is 16.1 Å². The number of carbonyl (C=O) groups is 2. The number of amides is 2. The van der Waals surface area contributed by atoms with E-state index in [1.807, 2.05) is 11.0 Å². The molecule has 154 valence electrons. The first kappa shape index (κ1) is 19.5. The Labute approximate surface area is 170 Å². The summed E-state index contributed by atoms with van der Waals surface area (Å²) in [6, 6.07) is 10.5. The fraction of sp³-hybridized carbons (Fsp3) is 0.571. The summed E-state index contributed by atoms with van der Waals surface area (Å²) in [7, 11) is 0. The Morgan fingerprint density at radius 3 is 2.62 bits per heavy atom. The third-order valence-electron chi connectivity index (χ3n) is 6.30. The van der Waals surface area contributed by atoms with Crippen LogP contribution in [0, 0.1) is 0 Å². The minimum absolute atomic E-state index is 0.0129. The van der Waals surface area contributed by atoms with Gasteiger partial charge in [0, 0.05) is 32.4 Å². The Bertz CT molecular complexity index is 825. The monoisotopic (exact) mass is 396 g/mol.